The Morgan fingerprint density at radius 3 is 2.62 bits per heavy atom. The number of benzene rings is 2. The van der Waals surface area contributed by atoms with Crippen LogP contribution >= 0.6 is 0 Å². The number of carbonyl (C=O) groups excluding carboxylic acids is 1. The summed E-state index contributed by atoms with van der Waals surface area (Å²) >= 11 is 0. The van der Waals surface area contributed by atoms with E-state index in [-0.39, 0.29) is 17.9 Å². The van der Waals surface area contributed by atoms with Gasteiger partial charge in [-0.1, -0.05) is 30.3 Å². The van der Waals surface area contributed by atoms with Crippen LogP contribution in [0.15, 0.2) is 48.5 Å². The molecule has 1 aliphatic heterocycles. The molecule has 1 amide bonds. The minimum absolute atomic E-state index is 0.0332. The van der Waals surface area contributed by atoms with E-state index >= 15 is 0 Å². The van der Waals surface area contributed by atoms with Gasteiger partial charge in [0, 0.05) is 24.1 Å². The molecule has 0 bridgehead atoms. The van der Waals surface area contributed by atoms with Gasteiger partial charge in [-0.05, 0) is 56.4 Å². The second-order valence-corrected chi connectivity index (χ2v) is 8.89. The van der Waals surface area contributed by atoms with Crippen LogP contribution in [0.2, 0.25) is 0 Å². The van der Waals surface area contributed by atoms with E-state index in [0.29, 0.717) is 23.0 Å². The fraction of sp³-hybridized carbons (Fsp3) is 0.458. The lowest BCUT2D eigenvalue weighted by Crippen LogP contribution is -2.40. The number of hydrogen-bond donors (Lipinski definition) is 1. The third-order valence-corrected chi connectivity index (χ3v) is 6.13. The van der Waals surface area contributed by atoms with Crippen LogP contribution in [0.5, 0.6) is 11.5 Å². The van der Waals surface area contributed by atoms with Crippen LogP contribution < -0.4 is 9.47 Å². The number of aliphatic hydroxyl groups is 1. The molecule has 1 heterocycles. The summed E-state index contributed by atoms with van der Waals surface area (Å²) in [5.41, 5.74) is 1.34. The van der Waals surface area contributed by atoms with Gasteiger partial charge < -0.3 is 19.5 Å². The van der Waals surface area contributed by atoms with Crippen LogP contribution in [0.1, 0.15) is 42.6 Å². The maximum atomic E-state index is 13.1. The first-order valence-corrected chi connectivity index (χ1v) is 10.2. The fourth-order valence-corrected chi connectivity index (χ4v) is 4.43. The van der Waals surface area contributed by atoms with Crippen molar-refractivity contribution in [1.82, 2.24) is 4.90 Å². The van der Waals surface area contributed by atoms with E-state index < -0.39 is 5.60 Å². The standard InChI is InChI=1S/C24H29NO4/c1-23(2,27)16-29-20-10-9-17(13-21(20)28-3)22(26)25-12-11-24(14-19(24)15-25)18-7-5-4-6-8-18/h4-10,13,19,27H,11-12,14-16H2,1-3H3. The number of ether oxygens (including phenoxy) is 2. The van der Waals surface area contributed by atoms with Crippen LogP contribution in [0, 0.1) is 5.92 Å². The van der Waals surface area contributed by atoms with Crippen molar-refractivity contribution in [3.8, 4) is 11.5 Å². The summed E-state index contributed by atoms with van der Waals surface area (Å²) in [5, 5.41) is 9.86. The predicted molar refractivity (Wildman–Crippen MR) is 112 cm³/mol. The summed E-state index contributed by atoms with van der Waals surface area (Å²) in [4.78, 5) is 15.1. The molecule has 2 unspecified atom stereocenters. The molecule has 4 rings (SSSR count). The highest BCUT2D eigenvalue weighted by Crippen LogP contribution is 2.59. The highest BCUT2D eigenvalue weighted by molar-refractivity contribution is 5.95. The Labute approximate surface area is 172 Å². The molecule has 1 saturated heterocycles. The molecule has 29 heavy (non-hydrogen) atoms. The van der Waals surface area contributed by atoms with Gasteiger partial charge in [0.2, 0.25) is 0 Å². The zero-order valence-corrected chi connectivity index (χ0v) is 17.4. The van der Waals surface area contributed by atoms with Crippen LogP contribution in [0.4, 0.5) is 0 Å². The first-order valence-electron chi connectivity index (χ1n) is 10.2. The SMILES string of the molecule is COc1cc(C(=O)N2CCC3(c4ccccc4)CC3C2)ccc1OCC(C)(C)O. The largest absolute Gasteiger partial charge is 0.493 e. The van der Waals surface area contributed by atoms with Gasteiger partial charge in [-0.3, -0.25) is 4.79 Å². The quantitative estimate of drug-likeness (QED) is 0.811. The smallest absolute Gasteiger partial charge is 0.254 e. The summed E-state index contributed by atoms with van der Waals surface area (Å²) in [6.45, 7) is 5.07. The van der Waals surface area contributed by atoms with Gasteiger partial charge in [0.1, 0.15) is 6.61 Å². The second kappa shape index (κ2) is 7.38. The van der Waals surface area contributed by atoms with Crippen molar-refractivity contribution >= 4 is 5.91 Å². The number of likely N-dealkylation sites (tertiary alicyclic amines) is 1. The van der Waals surface area contributed by atoms with Crippen LogP contribution in [0.25, 0.3) is 0 Å². The second-order valence-electron chi connectivity index (χ2n) is 8.89. The van der Waals surface area contributed by atoms with Crippen molar-refractivity contribution in [2.75, 3.05) is 26.8 Å². The van der Waals surface area contributed by atoms with Gasteiger partial charge in [-0.25, -0.2) is 0 Å². The monoisotopic (exact) mass is 395 g/mol. The van der Waals surface area contributed by atoms with Crippen molar-refractivity contribution in [2.45, 2.75) is 37.7 Å². The maximum Gasteiger partial charge on any atom is 0.254 e. The number of rotatable bonds is 6. The average molecular weight is 395 g/mol. The highest BCUT2D eigenvalue weighted by atomic mass is 16.5. The first-order chi connectivity index (χ1) is 13.8. The summed E-state index contributed by atoms with van der Waals surface area (Å²) < 4.78 is 11.1. The van der Waals surface area contributed by atoms with Gasteiger partial charge in [0.05, 0.1) is 12.7 Å². The van der Waals surface area contributed by atoms with Crippen LogP contribution in [0.3, 0.4) is 0 Å². The zero-order chi connectivity index (χ0) is 20.6. The number of fused-ring (bicyclic) bond motifs is 1. The molecule has 1 N–H and O–H groups in total. The molecule has 2 atom stereocenters. The number of amides is 1. The fourth-order valence-electron chi connectivity index (χ4n) is 4.43. The summed E-state index contributed by atoms with van der Waals surface area (Å²) in [5.74, 6) is 1.60. The molecule has 0 aromatic heterocycles. The highest BCUT2D eigenvalue weighted by Gasteiger charge is 2.57. The van der Waals surface area contributed by atoms with E-state index in [1.807, 2.05) is 4.90 Å². The molecule has 2 aromatic rings. The van der Waals surface area contributed by atoms with Gasteiger partial charge in [0.15, 0.2) is 11.5 Å². The molecule has 0 radical (unpaired) electrons. The Morgan fingerprint density at radius 2 is 1.97 bits per heavy atom. The molecule has 1 saturated carbocycles. The summed E-state index contributed by atoms with van der Waals surface area (Å²) in [6.07, 6.45) is 2.17. The Hall–Kier alpha value is -2.53. The topological polar surface area (TPSA) is 59.0 Å². The van der Waals surface area contributed by atoms with Crippen molar-refractivity contribution < 1.29 is 19.4 Å². The van der Waals surface area contributed by atoms with E-state index in [4.69, 9.17) is 9.47 Å². The molecule has 2 aliphatic rings. The van der Waals surface area contributed by atoms with Gasteiger partial charge in [0.25, 0.3) is 5.91 Å². The van der Waals surface area contributed by atoms with Gasteiger partial charge in [-0.15, -0.1) is 0 Å². The lowest BCUT2D eigenvalue weighted by molar-refractivity contribution is 0.0276. The lowest BCUT2D eigenvalue weighted by atomic mass is 9.87. The molecular weight excluding hydrogens is 366 g/mol. The Morgan fingerprint density at radius 1 is 1.21 bits per heavy atom. The number of nitrogens with zero attached hydrogens (tertiary/aromatic N) is 1. The van der Waals surface area contributed by atoms with Crippen LogP contribution in [-0.2, 0) is 5.41 Å². The van der Waals surface area contributed by atoms with Crippen molar-refractivity contribution in [1.29, 1.82) is 0 Å². The molecule has 2 fully saturated rings. The number of methoxy groups -OCH3 is 1. The molecule has 154 valence electrons. The minimum Gasteiger partial charge on any atom is -0.493 e. The first kappa shape index (κ1) is 19.8. The van der Waals surface area contributed by atoms with E-state index in [1.54, 1.807) is 39.2 Å². The molecular formula is C24H29NO4. The number of carbonyl (C=O) groups is 1. The number of hydrogen-bond acceptors (Lipinski definition) is 4. The van der Waals surface area contributed by atoms with E-state index in [0.717, 1.165) is 25.9 Å². The van der Waals surface area contributed by atoms with Crippen molar-refractivity contribution in [3.05, 3.63) is 59.7 Å². The summed E-state index contributed by atoms with van der Waals surface area (Å²) in [6, 6.07) is 15.9. The summed E-state index contributed by atoms with van der Waals surface area (Å²) in [7, 11) is 1.56. The lowest BCUT2D eigenvalue weighted by Gasteiger charge is -2.32. The van der Waals surface area contributed by atoms with E-state index in [2.05, 4.69) is 30.3 Å². The predicted octanol–water partition coefficient (Wildman–Crippen LogP) is 3.65. The van der Waals surface area contributed by atoms with Crippen LogP contribution in [-0.4, -0.2) is 48.3 Å². The maximum absolute atomic E-state index is 13.1. The van der Waals surface area contributed by atoms with Gasteiger partial charge >= 0.3 is 0 Å². The Balaban J connectivity index is 1.44. The molecule has 5 heteroatoms. The van der Waals surface area contributed by atoms with E-state index in [1.165, 1.54) is 5.56 Å². The normalized spacial score (nSPS) is 23.3. The van der Waals surface area contributed by atoms with E-state index in [9.17, 15) is 9.90 Å². The molecule has 1 aliphatic carbocycles. The zero-order valence-electron chi connectivity index (χ0n) is 17.4. The van der Waals surface area contributed by atoms with Crippen molar-refractivity contribution in [3.63, 3.8) is 0 Å². The molecule has 0 spiro atoms. The minimum atomic E-state index is -0.942. The third kappa shape index (κ3) is 3.97. The number of piperidine rings is 1. The van der Waals surface area contributed by atoms with Crippen molar-refractivity contribution in [2.24, 2.45) is 5.92 Å². The molecule has 5 nitrogen and oxygen atoms in total. The molecule has 2 aromatic carbocycles. The Kier molecular flexibility index (Phi) is 5.03. The Bertz CT molecular complexity index is 889. The average Bonchev–Trinajstić information content (AvgIpc) is 3.46. The van der Waals surface area contributed by atoms with Gasteiger partial charge in [-0.2, -0.15) is 0 Å². The third-order valence-electron chi connectivity index (χ3n) is 6.13.